The van der Waals surface area contributed by atoms with E-state index in [1.165, 1.54) is 4.57 Å². The zero-order valence-electron chi connectivity index (χ0n) is 20.6. The Morgan fingerprint density at radius 1 is 1.11 bits per heavy atom. The third-order valence-electron chi connectivity index (χ3n) is 7.07. The molecule has 4 heterocycles. The van der Waals surface area contributed by atoms with Crippen molar-refractivity contribution in [3.8, 4) is 0 Å². The van der Waals surface area contributed by atoms with Crippen molar-refractivity contribution >= 4 is 28.8 Å². The van der Waals surface area contributed by atoms with Crippen molar-refractivity contribution in [2.45, 2.75) is 70.2 Å². The van der Waals surface area contributed by atoms with E-state index in [0.717, 1.165) is 16.5 Å². The summed E-state index contributed by atoms with van der Waals surface area (Å²) in [5.41, 5.74) is 0.857. The lowest BCUT2D eigenvalue weighted by Gasteiger charge is -2.53. The Kier molecular flexibility index (Phi) is 5.46. The number of fused-ring (bicyclic) bond motifs is 4. The molecule has 7 nitrogen and oxygen atoms in total. The Balaban J connectivity index is 1.52. The molecule has 3 fully saturated rings. The molecule has 35 heavy (non-hydrogen) atoms. The monoisotopic (exact) mass is 473 g/mol. The molecule has 3 aliphatic rings. The van der Waals surface area contributed by atoms with Crippen molar-refractivity contribution in [3.05, 3.63) is 71.9 Å². The molecule has 0 unspecified atom stereocenters. The highest BCUT2D eigenvalue weighted by Gasteiger charge is 2.56. The van der Waals surface area contributed by atoms with Crippen molar-refractivity contribution in [2.75, 3.05) is 0 Å². The van der Waals surface area contributed by atoms with Gasteiger partial charge < -0.3 is 15.0 Å². The Labute approximate surface area is 205 Å². The number of rotatable bonds is 4. The largest absolute Gasteiger partial charge is 0.443 e. The average molecular weight is 474 g/mol. The van der Waals surface area contributed by atoms with Crippen LogP contribution in [0.4, 0.5) is 4.79 Å². The summed E-state index contributed by atoms with van der Waals surface area (Å²) in [6, 6.07) is 16.7. The van der Waals surface area contributed by atoms with Gasteiger partial charge in [-0.3, -0.25) is 14.2 Å². The normalized spacial score (nSPS) is 22.9. The van der Waals surface area contributed by atoms with Gasteiger partial charge in [-0.15, -0.1) is 0 Å². The molecule has 6 rings (SSSR count). The van der Waals surface area contributed by atoms with E-state index >= 15 is 0 Å². The van der Waals surface area contributed by atoms with Crippen LogP contribution in [0, 0.1) is 0 Å². The Morgan fingerprint density at radius 2 is 1.80 bits per heavy atom. The summed E-state index contributed by atoms with van der Waals surface area (Å²) in [6.45, 7) is 7.46. The van der Waals surface area contributed by atoms with E-state index in [-0.39, 0.29) is 17.9 Å². The molecule has 0 aliphatic carbocycles. The highest BCUT2D eigenvalue weighted by Crippen LogP contribution is 2.40. The van der Waals surface area contributed by atoms with Gasteiger partial charge in [-0.25, -0.2) is 4.79 Å². The first kappa shape index (κ1) is 23.1. The molecule has 2 aromatic carbocycles. The minimum absolute atomic E-state index is 0.0706. The van der Waals surface area contributed by atoms with Crippen LogP contribution < -0.4 is 5.32 Å². The summed E-state index contributed by atoms with van der Waals surface area (Å²) in [7, 11) is 0. The molecule has 0 spiro atoms. The first-order chi connectivity index (χ1) is 16.6. The molecular formula is C28H31N3O4. The number of hydrogen-bond donors (Lipinski definition) is 1. The number of piperazine rings is 1. The summed E-state index contributed by atoms with van der Waals surface area (Å²) in [6.07, 6.45) is 2.75. The molecule has 7 heteroatoms. The zero-order valence-corrected chi connectivity index (χ0v) is 20.6. The predicted molar refractivity (Wildman–Crippen MR) is 133 cm³/mol. The number of piperidine rings is 2. The minimum Gasteiger partial charge on any atom is -0.443 e. The maximum absolute atomic E-state index is 14.0. The van der Waals surface area contributed by atoms with Crippen molar-refractivity contribution < 1.29 is 19.1 Å². The fraction of sp³-hybridized carbons (Fsp3) is 0.393. The first-order valence-corrected chi connectivity index (χ1v) is 12.1. The van der Waals surface area contributed by atoms with Gasteiger partial charge in [-0.05, 0) is 57.7 Å². The number of carbonyl (C=O) groups is 3. The van der Waals surface area contributed by atoms with Crippen LogP contribution in [0.15, 0.2) is 60.8 Å². The SMILES string of the molecule is C[C@H](c1ccccc1)N1C(=O)[C@]2(Cc3cn(C(=O)OC(C)(C)C)c4ccccc34)CC[C@H]1C(=O)N2. The summed E-state index contributed by atoms with van der Waals surface area (Å²) in [4.78, 5) is 41.7. The lowest BCUT2D eigenvalue weighted by atomic mass is 9.75. The van der Waals surface area contributed by atoms with Crippen LogP contribution in [0.5, 0.6) is 0 Å². The molecule has 2 bridgehead atoms. The number of benzene rings is 2. The lowest BCUT2D eigenvalue weighted by Crippen LogP contribution is -2.75. The van der Waals surface area contributed by atoms with E-state index < -0.39 is 23.3 Å². The van der Waals surface area contributed by atoms with E-state index in [0.29, 0.717) is 24.8 Å². The number of carbonyl (C=O) groups excluding carboxylic acids is 3. The van der Waals surface area contributed by atoms with Crippen LogP contribution >= 0.6 is 0 Å². The fourth-order valence-corrected chi connectivity index (χ4v) is 5.43. The molecule has 0 radical (unpaired) electrons. The number of nitrogens with one attached hydrogen (secondary N) is 1. The quantitative estimate of drug-likeness (QED) is 0.601. The summed E-state index contributed by atoms with van der Waals surface area (Å²) in [5.74, 6) is -0.187. The fourth-order valence-electron chi connectivity index (χ4n) is 5.43. The molecule has 0 saturated carbocycles. The van der Waals surface area contributed by atoms with E-state index in [1.807, 2.05) is 82.3 Å². The van der Waals surface area contributed by atoms with Crippen LogP contribution in [0.2, 0.25) is 0 Å². The van der Waals surface area contributed by atoms with Crippen molar-refractivity contribution in [1.29, 1.82) is 0 Å². The summed E-state index contributed by atoms with van der Waals surface area (Å²) < 4.78 is 7.11. The number of aromatic nitrogens is 1. The van der Waals surface area contributed by atoms with E-state index in [9.17, 15) is 14.4 Å². The Bertz CT molecular complexity index is 1310. The Hall–Kier alpha value is -3.61. The van der Waals surface area contributed by atoms with Gasteiger partial charge >= 0.3 is 6.09 Å². The number of hydrogen-bond acceptors (Lipinski definition) is 4. The highest BCUT2D eigenvalue weighted by molar-refractivity contribution is 6.02. The average Bonchev–Trinajstić information content (AvgIpc) is 3.18. The lowest BCUT2D eigenvalue weighted by molar-refractivity contribution is -0.164. The van der Waals surface area contributed by atoms with Crippen molar-refractivity contribution in [3.63, 3.8) is 0 Å². The summed E-state index contributed by atoms with van der Waals surface area (Å²) in [5, 5.41) is 3.92. The third-order valence-corrected chi connectivity index (χ3v) is 7.07. The molecule has 182 valence electrons. The van der Waals surface area contributed by atoms with E-state index in [2.05, 4.69) is 5.32 Å². The predicted octanol–water partition coefficient (Wildman–Crippen LogP) is 4.59. The van der Waals surface area contributed by atoms with Gasteiger partial charge in [-0.2, -0.15) is 0 Å². The van der Waals surface area contributed by atoms with Crippen molar-refractivity contribution in [2.24, 2.45) is 0 Å². The summed E-state index contributed by atoms with van der Waals surface area (Å²) >= 11 is 0. The first-order valence-electron chi connectivity index (χ1n) is 12.1. The van der Waals surface area contributed by atoms with Gasteiger partial charge in [0, 0.05) is 18.0 Å². The second kappa shape index (κ2) is 8.26. The standard InChI is InChI=1S/C28H31N3O4/c1-18(19-10-6-5-7-11-19)31-23-14-15-28(25(31)33,29-24(23)32)16-20-17-30(26(34)35-27(2,3)4)22-13-9-8-12-21(20)22/h5-13,17-18,23H,14-16H2,1-4H3,(H,29,32)/t18-,23+,28-/m1/s1. The van der Waals surface area contributed by atoms with Crippen LogP contribution in [0.25, 0.3) is 10.9 Å². The van der Waals surface area contributed by atoms with Gasteiger partial charge in [0.2, 0.25) is 11.8 Å². The number of nitrogens with zero attached hydrogens (tertiary/aromatic N) is 2. The van der Waals surface area contributed by atoms with Crippen LogP contribution in [0.3, 0.4) is 0 Å². The highest BCUT2D eigenvalue weighted by atomic mass is 16.6. The molecule has 3 saturated heterocycles. The minimum atomic E-state index is -1.04. The topological polar surface area (TPSA) is 80.6 Å². The second-order valence-electron chi connectivity index (χ2n) is 10.6. The molecule has 3 aromatic rings. The van der Waals surface area contributed by atoms with Crippen LogP contribution in [-0.2, 0) is 20.7 Å². The van der Waals surface area contributed by atoms with Gasteiger partial charge in [0.25, 0.3) is 0 Å². The Morgan fingerprint density at radius 3 is 2.49 bits per heavy atom. The van der Waals surface area contributed by atoms with Crippen LogP contribution in [-0.4, -0.2) is 44.6 Å². The maximum Gasteiger partial charge on any atom is 0.419 e. The van der Waals surface area contributed by atoms with Gasteiger partial charge in [-0.1, -0.05) is 48.5 Å². The molecule has 1 aromatic heterocycles. The van der Waals surface area contributed by atoms with Gasteiger partial charge in [0.15, 0.2) is 0 Å². The van der Waals surface area contributed by atoms with Gasteiger partial charge in [0.05, 0.1) is 11.6 Å². The number of ether oxygens (including phenoxy) is 1. The molecule has 2 amide bonds. The maximum atomic E-state index is 14.0. The van der Waals surface area contributed by atoms with Crippen molar-refractivity contribution in [1.82, 2.24) is 14.8 Å². The van der Waals surface area contributed by atoms with Gasteiger partial charge in [0.1, 0.15) is 17.2 Å². The number of para-hydroxylation sites is 1. The molecule has 1 N–H and O–H groups in total. The molecule has 3 aliphatic heterocycles. The van der Waals surface area contributed by atoms with E-state index in [1.54, 1.807) is 11.1 Å². The number of amides is 2. The van der Waals surface area contributed by atoms with E-state index in [4.69, 9.17) is 4.74 Å². The second-order valence-corrected chi connectivity index (χ2v) is 10.6. The molecule has 3 atom stereocenters. The zero-order chi connectivity index (χ0) is 25.0. The smallest absolute Gasteiger partial charge is 0.419 e. The third kappa shape index (κ3) is 3.99. The molecular weight excluding hydrogens is 442 g/mol. The van der Waals surface area contributed by atoms with Crippen LogP contribution in [0.1, 0.15) is 57.7 Å².